The third kappa shape index (κ3) is 9.38. The zero-order valence-corrected chi connectivity index (χ0v) is 6.84. The first-order chi connectivity index (χ1) is 4.66. The number of nitrogens with two attached hydrogens (primary N) is 2. The van der Waals surface area contributed by atoms with Crippen molar-refractivity contribution in [1.82, 2.24) is 5.12 Å². The minimum absolute atomic E-state index is 0. The van der Waals surface area contributed by atoms with E-state index in [0.29, 0.717) is 0 Å². The monoisotopic (exact) mass is 181 g/mol. The number of carbonyl (C=O) groups excluding carboxylic acids is 1. The van der Waals surface area contributed by atoms with E-state index in [-0.39, 0.29) is 25.6 Å². The second-order valence-electron chi connectivity index (χ2n) is 1.64. The summed E-state index contributed by atoms with van der Waals surface area (Å²) < 4.78 is 4.54. The molecule has 0 unspecified atom stereocenters. The van der Waals surface area contributed by atoms with Crippen LogP contribution in [0.2, 0.25) is 0 Å². The van der Waals surface area contributed by atoms with Gasteiger partial charge in [-0.05, 0) is 0 Å². The van der Waals surface area contributed by atoms with Gasteiger partial charge in [0, 0.05) is 0 Å². The zero-order valence-electron chi connectivity index (χ0n) is 6.03. The normalized spacial score (nSPS) is 8.64. The van der Waals surface area contributed by atoms with E-state index in [1.54, 1.807) is 0 Å². The van der Waals surface area contributed by atoms with Crippen LogP contribution in [0.1, 0.15) is 0 Å². The molecular weight excluding hydrogens is 170 g/mol. The van der Waals surface area contributed by atoms with Crippen molar-refractivity contribution in [3.63, 3.8) is 0 Å². The lowest BCUT2D eigenvalue weighted by atomic mass is 10.6. The summed E-state index contributed by atoms with van der Waals surface area (Å²) in [5.74, 6) is 9.43. The smallest absolute Gasteiger partial charge is 0.323 e. The number of rotatable bonds is 4. The molecule has 0 radical (unpaired) electrons. The van der Waals surface area contributed by atoms with E-state index in [0.717, 1.165) is 5.12 Å². The number of hydrazine groups is 2. The van der Waals surface area contributed by atoms with Crippen molar-refractivity contribution in [2.24, 2.45) is 11.7 Å². The molecule has 11 heavy (non-hydrogen) atoms. The fourth-order valence-electron chi connectivity index (χ4n) is 0.347. The lowest BCUT2D eigenvalue weighted by molar-refractivity contribution is -0.143. The molecule has 0 aliphatic heterocycles. The van der Waals surface area contributed by atoms with Crippen LogP contribution in [0.3, 0.4) is 0 Å². The molecule has 0 aromatic rings. The highest BCUT2D eigenvalue weighted by Gasteiger charge is 2.02. The van der Waals surface area contributed by atoms with Crippen molar-refractivity contribution in [2.75, 3.05) is 13.2 Å². The molecule has 0 fully saturated rings. The van der Waals surface area contributed by atoms with Crippen LogP contribution in [0.4, 0.5) is 0 Å². The van der Waals surface area contributed by atoms with Gasteiger partial charge in [-0.1, -0.05) is 12.7 Å². The van der Waals surface area contributed by atoms with Crippen LogP contribution >= 0.6 is 12.4 Å². The summed E-state index contributed by atoms with van der Waals surface area (Å²) in [7, 11) is 0. The highest BCUT2D eigenvalue weighted by Crippen LogP contribution is 1.78. The number of halogens is 1. The molecular formula is C5H12ClN3O2. The highest BCUT2D eigenvalue weighted by atomic mass is 35.5. The summed E-state index contributed by atoms with van der Waals surface area (Å²) in [6, 6.07) is 0. The molecule has 6 heteroatoms. The quantitative estimate of drug-likeness (QED) is 0.257. The van der Waals surface area contributed by atoms with Crippen molar-refractivity contribution in [2.45, 2.75) is 0 Å². The Hall–Kier alpha value is -0.620. The summed E-state index contributed by atoms with van der Waals surface area (Å²) in [6.07, 6.45) is 1.47. The van der Waals surface area contributed by atoms with E-state index in [1.165, 1.54) is 6.08 Å². The third-order valence-electron chi connectivity index (χ3n) is 0.674. The Balaban J connectivity index is 0. The molecule has 0 aromatic heterocycles. The summed E-state index contributed by atoms with van der Waals surface area (Å²) in [4.78, 5) is 10.5. The molecule has 0 heterocycles. The Morgan fingerprint density at radius 3 is 2.55 bits per heavy atom. The van der Waals surface area contributed by atoms with Crippen LogP contribution in [0, 0.1) is 0 Å². The second-order valence-corrected chi connectivity index (χ2v) is 1.64. The Morgan fingerprint density at radius 1 is 1.64 bits per heavy atom. The maximum absolute atomic E-state index is 10.5. The van der Waals surface area contributed by atoms with E-state index in [1.807, 2.05) is 0 Å². The SMILES string of the molecule is C=CCOC(=O)CN(N)N.Cl. The van der Waals surface area contributed by atoms with Crippen LogP contribution in [0.25, 0.3) is 0 Å². The average Bonchev–Trinajstić information content (AvgIpc) is 1.82. The van der Waals surface area contributed by atoms with E-state index >= 15 is 0 Å². The lowest BCUT2D eigenvalue weighted by Crippen LogP contribution is -2.42. The minimum atomic E-state index is -0.468. The van der Waals surface area contributed by atoms with Crippen molar-refractivity contribution < 1.29 is 9.53 Å². The number of nitrogens with zero attached hydrogens (tertiary/aromatic N) is 1. The number of esters is 1. The van der Waals surface area contributed by atoms with Crippen LogP contribution < -0.4 is 11.7 Å². The first-order valence-corrected chi connectivity index (χ1v) is 2.70. The number of hydrogen-bond donors (Lipinski definition) is 2. The van der Waals surface area contributed by atoms with E-state index in [9.17, 15) is 4.79 Å². The van der Waals surface area contributed by atoms with Gasteiger partial charge in [0.2, 0.25) is 0 Å². The van der Waals surface area contributed by atoms with Gasteiger partial charge < -0.3 is 4.74 Å². The van der Waals surface area contributed by atoms with E-state index in [4.69, 9.17) is 11.7 Å². The maximum atomic E-state index is 10.5. The Bertz CT molecular complexity index is 129. The van der Waals surface area contributed by atoms with Gasteiger partial charge in [0.05, 0.1) is 0 Å². The largest absolute Gasteiger partial charge is 0.460 e. The number of carbonyl (C=O) groups is 1. The topological polar surface area (TPSA) is 81.6 Å². The Labute approximate surface area is 71.3 Å². The first kappa shape index (κ1) is 13.0. The van der Waals surface area contributed by atoms with Gasteiger partial charge in [-0.3, -0.25) is 16.5 Å². The molecule has 0 saturated carbocycles. The maximum Gasteiger partial charge on any atom is 0.323 e. The molecule has 0 aliphatic carbocycles. The zero-order chi connectivity index (χ0) is 7.98. The molecule has 5 nitrogen and oxygen atoms in total. The highest BCUT2D eigenvalue weighted by molar-refractivity contribution is 5.85. The van der Waals surface area contributed by atoms with Gasteiger partial charge >= 0.3 is 5.97 Å². The molecule has 0 amide bonds. The molecule has 0 bridgehead atoms. The molecule has 0 aromatic carbocycles. The summed E-state index contributed by atoms with van der Waals surface area (Å²) in [5.41, 5.74) is 0. The lowest BCUT2D eigenvalue weighted by Gasteiger charge is -2.06. The van der Waals surface area contributed by atoms with Gasteiger partial charge in [-0.25, -0.2) is 0 Å². The standard InChI is InChI=1S/C5H11N3O2.ClH/c1-2-3-10-5(9)4-8(6)7;/h2H,1,3-4,6-7H2;1H. The van der Waals surface area contributed by atoms with Crippen LogP contribution in [0.5, 0.6) is 0 Å². The minimum Gasteiger partial charge on any atom is -0.460 e. The van der Waals surface area contributed by atoms with Gasteiger partial charge in [0.15, 0.2) is 0 Å². The summed E-state index contributed by atoms with van der Waals surface area (Å²) in [6.45, 7) is 3.43. The molecule has 0 atom stereocenters. The van der Waals surface area contributed by atoms with Crippen LogP contribution in [-0.2, 0) is 9.53 Å². The van der Waals surface area contributed by atoms with Crippen LogP contribution in [-0.4, -0.2) is 24.2 Å². The molecule has 0 rings (SSSR count). The fourth-order valence-corrected chi connectivity index (χ4v) is 0.347. The van der Waals surface area contributed by atoms with Gasteiger partial charge in [0.25, 0.3) is 0 Å². The van der Waals surface area contributed by atoms with Gasteiger partial charge in [-0.15, -0.1) is 12.4 Å². The third-order valence-corrected chi connectivity index (χ3v) is 0.674. The Kier molecular flexibility index (Phi) is 8.85. The predicted octanol–water partition coefficient (Wildman–Crippen LogP) is -0.813. The first-order valence-electron chi connectivity index (χ1n) is 2.70. The second kappa shape index (κ2) is 7.49. The van der Waals surface area contributed by atoms with E-state index in [2.05, 4.69) is 11.3 Å². The van der Waals surface area contributed by atoms with Crippen molar-refractivity contribution >= 4 is 18.4 Å². The predicted molar refractivity (Wildman–Crippen MR) is 43.5 cm³/mol. The average molecular weight is 182 g/mol. The van der Waals surface area contributed by atoms with E-state index < -0.39 is 5.97 Å². The van der Waals surface area contributed by atoms with Crippen molar-refractivity contribution in [3.8, 4) is 0 Å². The van der Waals surface area contributed by atoms with Gasteiger partial charge in [0.1, 0.15) is 13.2 Å². The fraction of sp³-hybridized carbons (Fsp3) is 0.400. The summed E-state index contributed by atoms with van der Waals surface area (Å²) >= 11 is 0. The van der Waals surface area contributed by atoms with Crippen molar-refractivity contribution in [1.29, 1.82) is 0 Å². The number of ether oxygens (including phenoxy) is 1. The number of hydrogen-bond acceptors (Lipinski definition) is 5. The molecule has 0 spiro atoms. The van der Waals surface area contributed by atoms with Crippen LogP contribution in [0.15, 0.2) is 12.7 Å². The molecule has 66 valence electrons. The molecule has 0 aliphatic rings. The summed E-state index contributed by atoms with van der Waals surface area (Å²) in [5, 5.41) is 0.755. The van der Waals surface area contributed by atoms with Crippen molar-refractivity contribution in [3.05, 3.63) is 12.7 Å². The molecule has 0 saturated heterocycles. The Morgan fingerprint density at radius 2 is 2.18 bits per heavy atom. The molecule has 4 N–H and O–H groups in total. The van der Waals surface area contributed by atoms with Gasteiger partial charge in [-0.2, -0.15) is 5.12 Å².